The molecule has 0 spiro atoms. The lowest BCUT2D eigenvalue weighted by Gasteiger charge is -2.12. The van der Waals surface area contributed by atoms with Gasteiger partial charge in [0, 0.05) is 29.9 Å². The Bertz CT molecular complexity index is 1380. The van der Waals surface area contributed by atoms with E-state index in [1.54, 1.807) is 10.7 Å². The van der Waals surface area contributed by atoms with Crippen LogP contribution < -0.4 is 9.88 Å². The van der Waals surface area contributed by atoms with E-state index >= 15 is 0 Å². The Morgan fingerprint density at radius 1 is 1.15 bits per heavy atom. The van der Waals surface area contributed by atoms with E-state index in [1.165, 1.54) is 6.07 Å². The summed E-state index contributed by atoms with van der Waals surface area (Å²) < 4.78 is 35.1. The fourth-order valence-electron chi connectivity index (χ4n) is 4.39. The molecule has 0 aliphatic heterocycles. The van der Waals surface area contributed by atoms with E-state index in [-0.39, 0.29) is 0 Å². The van der Waals surface area contributed by atoms with Crippen LogP contribution in [-0.4, -0.2) is 21.2 Å². The molecule has 0 aliphatic rings. The first-order valence-corrected chi connectivity index (χ1v) is 11.7. The highest BCUT2D eigenvalue weighted by Gasteiger charge is 2.20. The first kappa shape index (κ1) is 23.1. The van der Waals surface area contributed by atoms with Gasteiger partial charge in [-0.05, 0) is 56.5 Å². The fraction of sp³-hybridized carbons (Fsp3) is 0.320. The predicted molar refractivity (Wildman–Crippen MR) is 127 cm³/mol. The van der Waals surface area contributed by atoms with Crippen LogP contribution in [0.5, 0.6) is 0 Å². The number of pyridine rings is 1. The van der Waals surface area contributed by atoms with Crippen molar-refractivity contribution < 1.29 is 13.3 Å². The molecule has 1 N–H and O–H groups in total. The van der Waals surface area contributed by atoms with Crippen LogP contribution >= 0.6 is 11.2 Å². The zero-order chi connectivity index (χ0) is 23.7. The van der Waals surface area contributed by atoms with Crippen LogP contribution in [0.3, 0.4) is 0 Å². The number of benzene rings is 1. The van der Waals surface area contributed by atoms with Gasteiger partial charge in [0.1, 0.15) is 17.4 Å². The molecule has 0 bridgehead atoms. The Balaban J connectivity index is 1.69. The zero-order valence-electron chi connectivity index (χ0n) is 19.3. The molecule has 3 aromatic heterocycles. The standard InChI is InChI=1S/C25H28F2N5S/c1-16-19(25(33-5)29-31(16)4)7-6-8-21-20(10-11-22(26)24(21)27)17-9-12-23-30(3)15-18(13-28-2)32(23)14-17/h5,9-12,14-15,28H,6-8,13H2,1-4H3/q+1. The van der Waals surface area contributed by atoms with Crippen LogP contribution in [0.4, 0.5) is 8.78 Å². The van der Waals surface area contributed by atoms with Crippen molar-refractivity contribution in [2.75, 3.05) is 7.05 Å². The summed E-state index contributed by atoms with van der Waals surface area (Å²) in [6, 6.07) is 6.84. The van der Waals surface area contributed by atoms with E-state index in [4.69, 9.17) is 5.69 Å². The summed E-state index contributed by atoms with van der Waals surface area (Å²) in [6.07, 6.45) is 5.80. The molecule has 0 radical (unpaired) electrons. The second-order valence-corrected chi connectivity index (χ2v) is 8.88. The molecule has 0 unspecified atom stereocenters. The number of imidazole rings is 1. The van der Waals surface area contributed by atoms with Crippen molar-refractivity contribution in [3.8, 4) is 16.8 Å². The third-order valence-electron chi connectivity index (χ3n) is 6.19. The van der Waals surface area contributed by atoms with E-state index in [9.17, 15) is 8.78 Å². The first-order valence-electron chi connectivity index (χ1n) is 10.9. The minimum Gasteiger partial charge on any atom is -0.312 e. The lowest BCUT2D eigenvalue weighted by Crippen LogP contribution is -2.25. The number of fused-ring (bicyclic) bond motifs is 1. The smallest absolute Gasteiger partial charge is 0.286 e. The molecule has 0 aliphatic carbocycles. The van der Waals surface area contributed by atoms with Crippen molar-refractivity contribution in [1.29, 1.82) is 0 Å². The summed E-state index contributed by atoms with van der Waals surface area (Å²) in [5.74, 6) is -1.61. The minimum atomic E-state index is -0.825. The first-order chi connectivity index (χ1) is 15.8. The van der Waals surface area contributed by atoms with Gasteiger partial charge in [-0.15, -0.1) is 5.69 Å². The van der Waals surface area contributed by atoms with Gasteiger partial charge >= 0.3 is 0 Å². The Morgan fingerprint density at radius 2 is 1.91 bits per heavy atom. The van der Waals surface area contributed by atoms with E-state index in [2.05, 4.69) is 21.0 Å². The van der Waals surface area contributed by atoms with Crippen LogP contribution in [0.25, 0.3) is 16.8 Å². The van der Waals surface area contributed by atoms with Crippen molar-refractivity contribution >= 4 is 16.8 Å². The van der Waals surface area contributed by atoms with Crippen molar-refractivity contribution in [1.82, 2.24) is 19.5 Å². The summed E-state index contributed by atoms with van der Waals surface area (Å²) >= 11 is 1.11. The number of hydrogen-bond donors (Lipinski definition) is 1. The maximum absolute atomic E-state index is 15.0. The fourth-order valence-corrected chi connectivity index (χ4v) is 4.95. The maximum Gasteiger partial charge on any atom is 0.286 e. The number of aryl methyl sites for hydroxylation is 2. The molecule has 172 valence electrons. The van der Waals surface area contributed by atoms with E-state index in [0.717, 1.165) is 44.4 Å². The molecular weight excluding hydrogens is 440 g/mol. The molecule has 4 aromatic rings. The van der Waals surface area contributed by atoms with E-state index in [0.29, 0.717) is 36.9 Å². The van der Waals surface area contributed by atoms with Crippen LogP contribution in [0, 0.1) is 24.2 Å². The summed E-state index contributed by atoms with van der Waals surface area (Å²) in [5.41, 5.74) is 11.9. The van der Waals surface area contributed by atoms with Crippen LogP contribution in [0.15, 0.2) is 41.7 Å². The lowest BCUT2D eigenvalue weighted by molar-refractivity contribution is -0.644. The van der Waals surface area contributed by atoms with Crippen molar-refractivity contribution in [2.24, 2.45) is 14.1 Å². The molecule has 4 rings (SSSR count). The highest BCUT2D eigenvalue weighted by Crippen LogP contribution is 2.30. The van der Waals surface area contributed by atoms with Gasteiger partial charge in [-0.2, -0.15) is 9.50 Å². The number of aromatic nitrogens is 4. The molecule has 5 nitrogen and oxygen atoms in total. The average Bonchev–Trinajstić information content (AvgIpc) is 3.27. The molecule has 0 atom stereocenters. The Hall–Kier alpha value is -3.06. The van der Waals surface area contributed by atoms with Gasteiger partial charge in [0.25, 0.3) is 5.65 Å². The van der Waals surface area contributed by atoms with Crippen LogP contribution in [0.2, 0.25) is 0 Å². The van der Waals surface area contributed by atoms with Crippen LogP contribution in [-0.2, 0) is 33.5 Å². The summed E-state index contributed by atoms with van der Waals surface area (Å²) in [5, 5.41) is 8.37. The van der Waals surface area contributed by atoms with Gasteiger partial charge in [-0.25, -0.2) is 13.3 Å². The molecular formula is C25H28F2N5S+. The number of halogens is 2. The van der Waals surface area contributed by atoms with E-state index in [1.807, 2.05) is 51.0 Å². The third-order valence-corrected chi connectivity index (χ3v) is 6.74. The SMILES string of the molecule is C#Sc1nn(C)c(C)c1CCCc1c(-c2ccc3n(c2)c(CNC)c[n+]3C)ccc(F)c1F. The largest absolute Gasteiger partial charge is 0.312 e. The van der Waals surface area contributed by atoms with Gasteiger partial charge in [0.05, 0.1) is 13.6 Å². The Morgan fingerprint density at radius 3 is 2.64 bits per heavy atom. The Labute approximate surface area is 196 Å². The molecule has 0 saturated carbocycles. The second-order valence-electron chi connectivity index (χ2n) is 8.26. The number of hydrogen-bond acceptors (Lipinski definition) is 2. The van der Waals surface area contributed by atoms with Gasteiger partial charge in [0.15, 0.2) is 17.3 Å². The van der Waals surface area contributed by atoms with Crippen molar-refractivity contribution in [2.45, 2.75) is 37.8 Å². The maximum atomic E-state index is 15.0. The zero-order valence-corrected chi connectivity index (χ0v) is 20.1. The van der Waals surface area contributed by atoms with Crippen LogP contribution in [0.1, 0.15) is 28.9 Å². The monoisotopic (exact) mass is 468 g/mol. The molecule has 0 fully saturated rings. The topological polar surface area (TPSA) is 38.1 Å². The van der Waals surface area contributed by atoms with Crippen molar-refractivity contribution in [3.63, 3.8) is 0 Å². The number of rotatable bonds is 7. The molecule has 33 heavy (non-hydrogen) atoms. The molecule has 3 heterocycles. The minimum absolute atomic E-state index is 0.393. The van der Waals surface area contributed by atoms with E-state index < -0.39 is 11.6 Å². The van der Waals surface area contributed by atoms with Gasteiger partial charge in [-0.1, -0.05) is 17.2 Å². The second kappa shape index (κ2) is 9.43. The van der Waals surface area contributed by atoms with Crippen molar-refractivity contribution in [3.05, 3.63) is 70.8 Å². The predicted octanol–water partition coefficient (Wildman–Crippen LogP) is 4.33. The number of nitrogens with one attached hydrogen (secondary N) is 1. The summed E-state index contributed by atoms with van der Waals surface area (Å²) in [4.78, 5) is 0. The van der Waals surface area contributed by atoms with Gasteiger partial charge in [-0.3, -0.25) is 4.68 Å². The Kier molecular flexibility index (Phi) is 6.61. The molecule has 0 saturated heterocycles. The average molecular weight is 469 g/mol. The quantitative estimate of drug-likeness (QED) is 0.410. The molecule has 8 heteroatoms. The lowest BCUT2D eigenvalue weighted by atomic mass is 9.95. The summed E-state index contributed by atoms with van der Waals surface area (Å²) in [7, 11) is 5.77. The van der Waals surface area contributed by atoms with Gasteiger partial charge < -0.3 is 5.32 Å². The number of nitrogens with zero attached hydrogens (tertiary/aromatic N) is 4. The summed E-state index contributed by atoms with van der Waals surface area (Å²) in [6.45, 7) is 2.69. The highest BCUT2D eigenvalue weighted by atomic mass is 32.1. The molecule has 0 amide bonds. The third kappa shape index (κ3) is 4.29. The van der Waals surface area contributed by atoms with Gasteiger partial charge in [0.2, 0.25) is 0 Å². The molecule has 1 aromatic carbocycles. The normalized spacial score (nSPS) is 11.4. The highest BCUT2D eigenvalue weighted by molar-refractivity contribution is 7.88.